The van der Waals surface area contributed by atoms with Gasteiger partial charge in [-0.05, 0) is 31.0 Å². The van der Waals surface area contributed by atoms with Crippen LogP contribution in [0.4, 0.5) is 0 Å². The van der Waals surface area contributed by atoms with Gasteiger partial charge in [0.1, 0.15) is 12.9 Å². The first-order valence-electron chi connectivity index (χ1n) is 5.83. The van der Waals surface area contributed by atoms with Gasteiger partial charge < -0.3 is 14.8 Å². The van der Waals surface area contributed by atoms with Crippen LogP contribution in [0.15, 0.2) is 24.3 Å². The quantitative estimate of drug-likeness (QED) is 0.842. The SMILES string of the molecule is CNC1(c2cccc(C3COCO3)c2)CC1. The smallest absolute Gasteiger partial charge is 0.147 e. The third kappa shape index (κ3) is 1.65. The Morgan fingerprint density at radius 3 is 2.88 bits per heavy atom. The summed E-state index contributed by atoms with van der Waals surface area (Å²) in [5, 5.41) is 3.41. The van der Waals surface area contributed by atoms with Gasteiger partial charge in [0.2, 0.25) is 0 Å². The predicted octanol–water partition coefficient (Wildman–Crippen LogP) is 1.94. The van der Waals surface area contributed by atoms with E-state index in [4.69, 9.17) is 9.47 Å². The van der Waals surface area contributed by atoms with Crippen LogP contribution in [0.2, 0.25) is 0 Å². The second kappa shape index (κ2) is 3.84. The zero-order chi connectivity index (χ0) is 11.0. The van der Waals surface area contributed by atoms with Gasteiger partial charge in [-0.15, -0.1) is 0 Å². The van der Waals surface area contributed by atoms with E-state index in [1.165, 1.54) is 24.0 Å². The van der Waals surface area contributed by atoms with Crippen molar-refractivity contribution in [2.45, 2.75) is 24.5 Å². The Morgan fingerprint density at radius 2 is 2.25 bits per heavy atom. The van der Waals surface area contributed by atoms with E-state index in [0.717, 1.165) is 0 Å². The van der Waals surface area contributed by atoms with Crippen molar-refractivity contribution >= 4 is 0 Å². The molecule has 1 unspecified atom stereocenters. The van der Waals surface area contributed by atoms with Gasteiger partial charge >= 0.3 is 0 Å². The summed E-state index contributed by atoms with van der Waals surface area (Å²) in [7, 11) is 2.04. The normalized spacial score (nSPS) is 26.9. The zero-order valence-electron chi connectivity index (χ0n) is 9.53. The van der Waals surface area contributed by atoms with Gasteiger partial charge in [0.05, 0.1) is 6.61 Å². The molecule has 1 saturated heterocycles. The van der Waals surface area contributed by atoms with Crippen molar-refractivity contribution in [1.29, 1.82) is 0 Å². The first-order valence-corrected chi connectivity index (χ1v) is 5.83. The van der Waals surface area contributed by atoms with Crippen molar-refractivity contribution in [3.8, 4) is 0 Å². The van der Waals surface area contributed by atoms with Crippen LogP contribution in [0.1, 0.15) is 30.1 Å². The van der Waals surface area contributed by atoms with E-state index in [2.05, 4.69) is 29.6 Å². The number of nitrogens with one attached hydrogen (secondary N) is 1. The molecule has 3 rings (SSSR count). The van der Waals surface area contributed by atoms with E-state index in [9.17, 15) is 0 Å². The van der Waals surface area contributed by atoms with Gasteiger partial charge in [-0.25, -0.2) is 0 Å². The van der Waals surface area contributed by atoms with E-state index in [0.29, 0.717) is 13.4 Å². The van der Waals surface area contributed by atoms with E-state index in [1.807, 2.05) is 7.05 Å². The maximum Gasteiger partial charge on any atom is 0.147 e. The topological polar surface area (TPSA) is 30.5 Å². The van der Waals surface area contributed by atoms with Crippen molar-refractivity contribution in [2.24, 2.45) is 0 Å². The number of rotatable bonds is 3. The molecular formula is C13H17NO2. The van der Waals surface area contributed by atoms with Gasteiger partial charge in [0.15, 0.2) is 0 Å². The minimum Gasteiger partial charge on any atom is -0.352 e. The van der Waals surface area contributed by atoms with Crippen LogP contribution in [-0.2, 0) is 15.0 Å². The van der Waals surface area contributed by atoms with Crippen LogP contribution in [-0.4, -0.2) is 20.4 Å². The molecule has 0 spiro atoms. The lowest BCUT2D eigenvalue weighted by Crippen LogP contribution is -2.24. The summed E-state index contributed by atoms with van der Waals surface area (Å²) >= 11 is 0. The van der Waals surface area contributed by atoms with Gasteiger partial charge in [-0.3, -0.25) is 0 Å². The standard InChI is InChI=1S/C13H17NO2/c1-14-13(5-6-13)11-4-2-3-10(7-11)12-8-15-9-16-12/h2-4,7,12,14H,5-6,8-9H2,1H3. The van der Waals surface area contributed by atoms with Gasteiger partial charge in [0.25, 0.3) is 0 Å². The summed E-state index contributed by atoms with van der Waals surface area (Å²) in [5.74, 6) is 0. The van der Waals surface area contributed by atoms with Crippen LogP contribution in [0, 0.1) is 0 Å². The molecular weight excluding hydrogens is 202 g/mol. The molecule has 86 valence electrons. The first kappa shape index (κ1) is 10.3. The molecule has 1 N–H and O–H groups in total. The molecule has 3 heteroatoms. The van der Waals surface area contributed by atoms with Crippen molar-refractivity contribution in [3.05, 3.63) is 35.4 Å². The number of hydrogen-bond acceptors (Lipinski definition) is 3. The minimum atomic E-state index is 0.118. The largest absolute Gasteiger partial charge is 0.352 e. The van der Waals surface area contributed by atoms with E-state index in [1.54, 1.807) is 0 Å². The maximum absolute atomic E-state index is 5.52. The first-order chi connectivity index (χ1) is 7.84. The Labute approximate surface area is 95.8 Å². The van der Waals surface area contributed by atoms with Gasteiger partial charge in [-0.2, -0.15) is 0 Å². The van der Waals surface area contributed by atoms with Crippen molar-refractivity contribution in [2.75, 3.05) is 20.4 Å². The van der Waals surface area contributed by atoms with Crippen LogP contribution < -0.4 is 5.32 Å². The third-order valence-electron chi connectivity index (χ3n) is 3.66. The summed E-state index contributed by atoms with van der Waals surface area (Å²) in [4.78, 5) is 0. The maximum atomic E-state index is 5.52. The summed E-state index contributed by atoms with van der Waals surface area (Å²) < 4.78 is 10.8. The molecule has 1 aromatic rings. The van der Waals surface area contributed by atoms with Crippen LogP contribution in [0.3, 0.4) is 0 Å². The molecule has 1 aromatic carbocycles. The fourth-order valence-electron chi connectivity index (χ4n) is 2.37. The Morgan fingerprint density at radius 1 is 1.38 bits per heavy atom. The van der Waals surface area contributed by atoms with E-state index >= 15 is 0 Å². The fourth-order valence-corrected chi connectivity index (χ4v) is 2.37. The molecule has 1 aliphatic carbocycles. The van der Waals surface area contributed by atoms with Crippen LogP contribution in [0.25, 0.3) is 0 Å². The molecule has 1 heterocycles. The Bertz CT molecular complexity index is 381. The average molecular weight is 219 g/mol. The lowest BCUT2D eigenvalue weighted by atomic mass is 10.00. The van der Waals surface area contributed by atoms with Crippen LogP contribution >= 0.6 is 0 Å². The summed E-state index contributed by atoms with van der Waals surface area (Å²) in [6, 6.07) is 8.68. The fraction of sp³-hybridized carbons (Fsp3) is 0.538. The lowest BCUT2D eigenvalue weighted by molar-refractivity contribution is 0.0465. The number of ether oxygens (including phenoxy) is 2. The summed E-state index contributed by atoms with van der Waals surface area (Å²) in [6.07, 6.45) is 2.58. The molecule has 3 nitrogen and oxygen atoms in total. The highest BCUT2D eigenvalue weighted by Crippen LogP contribution is 2.45. The molecule has 0 bridgehead atoms. The van der Waals surface area contributed by atoms with Crippen LogP contribution in [0.5, 0.6) is 0 Å². The Balaban J connectivity index is 1.87. The second-order valence-corrected chi connectivity index (χ2v) is 4.60. The molecule has 2 fully saturated rings. The van der Waals surface area contributed by atoms with Crippen molar-refractivity contribution in [1.82, 2.24) is 5.32 Å². The van der Waals surface area contributed by atoms with E-state index in [-0.39, 0.29) is 11.6 Å². The zero-order valence-corrected chi connectivity index (χ0v) is 9.53. The summed E-state index contributed by atoms with van der Waals surface area (Å²) in [5.41, 5.74) is 2.84. The molecule has 1 saturated carbocycles. The third-order valence-corrected chi connectivity index (χ3v) is 3.66. The average Bonchev–Trinajstić information content (AvgIpc) is 2.95. The number of benzene rings is 1. The van der Waals surface area contributed by atoms with Crippen molar-refractivity contribution in [3.63, 3.8) is 0 Å². The highest BCUT2D eigenvalue weighted by Gasteiger charge is 2.42. The molecule has 1 aliphatic heterocycles. The number of hydrogen-bond donors (Lipinski definition) is 1. The molecule has 0 aromatic heterocycles. The lowest BCUT2D eigenvalue weighted by Gasteiger charge is -2.17. The Hall–Kier alpha value is -0.900. The predicted molar refractivity (Wildman–Crippen MR) is 61.1 cm³/mol. The molecule has 1 atom stereocenters. The highest BCUT2D eigenvalue weighted by molar-refractivity contribution is 5.34. The molecule has 2 aliphatic rings. The molecule has 0 radical (unpaired) electrons. The summed E-state index contributed by atoms with van der Waals surface area (Å²) in [6.45, 7) is 1.10. The van der Waals surface area contributed by atoms with E-state index < -0.39 is 0 Å². The Kier molecular flexibility index (Phi) is 2.46. The van der Waals surface area contributed by atoms with Crippen molar-refractivity contribution < 1.29 is 9.47 Å². The molecule has 0 amide bonds. The highest BCUT2D eigenvalue weighted by atomic mass is 16.7. The van der Waals surface area contributed by atoms with Gasteiger partial charge in [-0.1, -0.05) is 24.3 Å². The van der Waals surface area contributed by atoms with Gasteiger partial charge in [0, 0.05) is 5.54 Å². The monoisotopic (exact) mass is 219 g/mol. The second-order valence-electron chi connectivity index (χ2n) is 4.60. The minimum absolute atomic E-state index is 0.118. The molecule has 16 heavy (non-hydrogen) atoms.